The minimum Gasteiger partial charge on any atom is -0.321 e. The Kier molecular flexibility index (Phi) is 3.65. The highest BCUT2D eigenvalue weighted by Crippen LogP contribution is 2.43. The molecule has 2 atom stereocenters. The lowest BCUT2D eigenvalue weighted by molar-refractivity contribution is 0.211. The van der Waals surface area contributed by atoms with E-state index in [1.807, 2.05) is 11.3 Å². The second kappa shape index (κ2) is 4.74. The summed E-state index contributed by atoms with van der Waals surface area (Å²) in [7, 11) is 0. The maximum Gasteiger partial charge on any atom is 0.0503 e. The van der Waals surface area contributed by atoms with E-state index in [0.717, 1.165) is 18.8 Å². The molecule has 1 nitrogen and oxygen atoms in total. The molecule has 96 valence electrons. The number of hydrogen-bond donors (Lipinski definition) is 1. The fourth-order valence-corrected chi connectivity index (χ4v) is 3.94. The molecular formula is C15H25NS. The van der Waals surface area contributed by atoms with Crippen molar-refractivity contribution >= 4 is 11.3 Å². The third-order valence-electron chi connectivity index (χ3n) is 4.35. The lowest BCUT2D eigenvalue weighted by Gasteiger charge is -2.31. The zero-order valence-electron chi connectivity index (χ0n) is 11.3. The van der Waals surface area contributed by atoms with E-state index in [1.54, 1.807) is 0 Å². The van der Waals surface area contributed by atoms with E-state index in [2.05, 4.69) is 38.3 Å². The van der Waals surface area contributed by atoms with Crippen LogP contribution < -0.4 is 5.73 Å². The normalized spacial score (nSPS) is 31.2. The quantitative estimate of drug-likeness (QED) is 0.729. The van der Waals surface area contributed by atoms with Crippen molar-refractivity contribution in [3.8, 4) is 0 Å². The van der Waals surface area contributed by atoms with Crippen molar-refractivity contribution in [1.82, 2.24) is 0 Å². The predicted molar refractivity (Wildman–Crippen MR) is 76.2 cm³/mol. The van der Waals surface area contributed by atoms with E-state index in [4.69, 9.17) is 5.73 Å². The third-order valence-corrected chi connectivity index (χ3v) is 5.44. The Morgan fingerprint density at radius 3 is 2.65 bits per heavy atom. The van der Waals surface area contributed by atoms with Gasteiger partial charge in [0.1, 0.15) is 0 Å². The summed E-state index contributed by atoms with van der Waals surface area (Å²) >= 11 is 1.82. The summed E-state index contributed by atoms with van der Waals surface area (Å²) in [6, 6.07) is 4.34. The largest absolute Gasteiger partial charge is 0.321 e. The van der Waals surface area contributed by atoms with E-state index in [0.29, 0.717) is 5.41 Å². The molecule has 0 bridgehead atoms. The van der Waals surface area contributed by atoms with E-state index < -0.39 is 0 Å². The van der Waals surface area contributed by atoms with Crippen LogP contribution in [0.15, 0.2) is 17.5 Å². The van der Waals surface area contributed by atoms with Gasteiger partial charge in [-0.2, -0.15) is 0 Å². The highest BCUT2D eigenvalue weighted by atomic mass is 32.1. The highest BCUT2D eigenvalue weighted by molar-refractivity contribution is 7.10. The first-order valence-corrected chi connectivity index (χ1v) is 7.63. The van der Waals surface area contributed by atoms with Gasteiger partial charge in [-0.25, -0.2) is 0 Å². The lowest BCUT2D eigenvalue weighted by Crippen LogP contribution is -2.35. The minimum atomic E-state index is -0.0475. The van der Waals surface area contributed by atoms with E-state index >= 15 is 0 Å². The molecule has 0 aliphatic heterocycles. The van der Waals surface area contributed by atoms with Crippen LogP contribution in [0.3, 0.4) is 0 Å². The fraction of sp³-hybridized carbons (Fsp3) is 0.733. The van der Waals surface area contributed by atoms with Crippen LogP contribution in [-0.4, -0.2) is 0 Å². The molecular weight excluding hydrogens is 226 g/mol. The molecule has 2 N–H and O–H groups in total. The van der Waals surface area contributed by atoms with Crippen LogP contribution in [0, 0.1) is 11.3 Å². The average Bonchev–Trinajstić information content (AvgIpc) is 2.68. The van der Waals surface area contributed by atoms with Crippen LogP contribution in [0.4, 0.5) is 0 Å². The van der Waals surface area contributed by atoms with E-state index in [1.165, 1.54) is 24.1 Å². The molecule has 1 aromatic rings. The van der Waals surface area contributed by atoms with Crippen molar-refractivity contribution in [2.45, 2.75) is 58.4 Å². The van der Waals surface area contributed by atoms with Crippen molar-refractivity contribution in [3.63, 3.8) is 0 Å². The molecule has 2 unspecified atom stereocenters. The van der Waals surface area contributed by atoms with Gasteiger partial charge in [0.05, 0.1) is 5.54 Å². The Morgan fingerprint density at radius 2 is 2.06 bits per heavy atom. The highest BCUT2D eigenvalue weighted by Gasteiger charge is 2.35. The monoisotopic (exact) mass is 251 g/mol. The topological polar surface area (TPSA) is 26.0 Å². The van der Waals surface area contributed by atoms with Crippen molar-refractivity contribution in [2.75, 3.05) is 0 Å². The van der Waals surface area contributed by atoms with Crippen LogP contribution >= 0.6 is 11.3 Å². The van der Waals surface area contributed by atoms with Crippen LogP contribution in [0.25, 0.3) is 0 Å². The molecule has 2 rings (SSSR count). The second-order valence-electron chi connectivity index (χ2n) is 6.63. The summed E-state index contributed by atoms with van der Waals surface area (Å²) in [5.41, 5.74) is 7.02. The molecule has 0 spiro atoms. The van der Waals surface area contributed by atoms with E-state index in [9.17, 15) is 0 Å². The summed E-state index contributed by atoms with van der Waals surface area (Å²) in [5, 5.41) is 2.15. The smallest absolute Gasteiger partial charge is 0.0503 e. The Balaban J connectivity index is 2.10. The third kappa shape index (κ3) is 2.92. The Hall–Kier alpha value is -0.340. The van der Waals surface area contributed by atoms with E-state index in [-0.39, 0.29) is 5.54 Å². The van der Waals surface area contributed by atoms with Crippen molar-refractivity contribution in [2.24, 2.45) is 17.1 Å². The average molecular weight is 251 g/mol. The number of thiophene rings is 1. The molecule has 1 aliphatic rings. The Labute approximate surface area is 109 Å². The molecule has 0 amide bonds. The fourth-order valence-electron chi connectivity index (χ4n) is 3.04. The van der Waals surface area contributed by atoms with Gasteiger partial charge in [-0.1, -0.05) is 33.3 Å². The van der Waals surface area contributed by atoms with Gasteiger partial charge < -0.3 is 5.73 Å². The Bertz CT molecular complexity index is 349. The van der Waals surface area contributed by atoms with Crippen molar-refractivity contribution in [1.29, 1.82) is 0 Å². The van der Waals surface area contributed by atoms with Crippen LogP contribution in [0.5, 0.6) is 0 Å². The lowest BCUT2D eigenvalue weighted by atomic mass is 9.76. The zero-order chi connectivity index (χ0) is 12.5. The maximum absolute atomic E-state index is 6.64. The van der Waals surface area contributed by atoms with Crippen LogP contribution in [-0.2, 0) is 5.54 Å². The molecule has 0 radical (unpaired) electrons. The molecule has 2 heteroatoms. The standard InChI is InChI=1S/C15H25NS/c1-14(2,3)12-6-4-9-15(16,10-8-12)13-7-5-11-17-13/h5,7,11-12H,4,6,8-10,16H2,1-3H3. The van der Waals surface area contributed by atoms with Gasteiger partial charge in [-0.3, -0.25) is 0 Å². The SMILES string of the molecule is CC(C)(C)C1CCCC(N)(c2cccs2)CC1. The molecule has 1 aliphatic carbocycles. The maximum atomic E-state index is 6.64. The molecule has 17 heavy (non-hydrogen) atoms. The summed E-state index contributed by atoms with van der Waals surface area (Å²) in [6.45, 7) is 7.10. The molecule has 0 aromatic carbocycles. The first-order chi connectivity index (χ1) is 7.92. The van der Waals surface area contributed by atoms with Crippen molar-refractivity contribution < 1.29 is 0 Å². The number of rotatable bonds is 1. The molecule has 1 aromatic heterocycles. The van der Waals surface area contributed by atoms with Gasteiger partial charge in [-0.15, -0.1) is 11.3 Å². The summed E-state index contributed by atoms with van der Waals surface area (Å²) in [6.07, 6.45) is 6.19. The minimum absolute atomic E-state index is 0.0475. The van der Waals surface area contributed by atoms with Gasteiger partial charge >= 0.3 is 0 Å². The summed E-state index contributed by atoms with van der Waals surface area (Å²) in [5.74, 6) is 0.827. The molecule has 1 fully saturated rings. The van der Waals surface area contributed by atoms with Crippen LogP contribution in [0.2, 0.25) is 0 Å². The summed E-state index contributed by atoms with van der Waals surface area (Å²) in [4.78, 5) is 1.38. The first kappa shape index (κ1) is 13.1. The van der Waals surface area contributed by atoms with Gasteiger partial charge in [0.15, 0.2) is 0 Å². The van der Waals surface area contributed by atoms with Crippen LogP contribution in [0.1, 0.15) is 57.8 Å². The van der Waals surface area contributed by atoms with Gasteiger partial charge in [0.2, 0.25) is 0 Å². The second-order valence-corrected chi connectivity index (χ2v) is 7.57. The zero-order valence-corrected chi connectivity index (χ0v) is 12.1. The molecule has 1 saturated carbocycles. The summed E-state index contributed by atoms with van der Waals surface area (Å²) < 4.78 is 0. The predicted octanol–water partition coefficient (Wildman–Crippen LogP) is 4.53. The van der Waals surface area contributed by atoms with Gasteiger partial charge in [0, 0.05) is 4.88 Å². The van der Waals surface area contributed by atoms with Gasteiger partial charge in [0.25, 0.3) is 0 Å². The van der Waals surface area contributed by atoms with Crippen molar-refractivity contribution in [3.05, 3.63) is 22.4 Å². The van der Waals surface area contributed by atoms with Gasteiger partial charge in [-0.05, 0) is 48.5 Å². The number of nitrogens with two attached hydrogens (primary N) is 1. The molecule has 0 saturated heterocycles. The number of hydrogen-bond acceptors (Lipinski definition) is 2. The Morgan fingerprint density at radius 1 is 1.29 bits per heavy atom. The molecule has 1 heterocycles. The first-order valence-electron chi connectivity index (χ1n) is 6.75.